The van der Waals surface area contributed by atoms with Crippen molar-refractivity contribution >= 4 is 6.09 Å². The van der Waals surface area contributed by atoms with Gasteiger partial charge in [-0.3, -0.25) is 4.90 Å². The molecule has 0 N–H and O–H groups in total. The lowest BCUT2D eigenvalue weighted by molar-refractivity contribution is 0.0227. The molecule has 1 amide bonds. The Balaban J connectivity index is 2.20. The van der Waals surface area contributed by atoms with Crippen LogP contribution in [0, 0.1) is 5.82 Å². The highest BCUT2D eigenvalue weighted by Gasteiger charge is 2.34. The van der Waals surface area contributed by atoms with Crippen molar-refractivity contribution in [2.45, 2.75) is 38.8 Å². The minimum absolute atomic E-state index is 0.127. The minimum Gasteiger partial charge on any atom is -0.444 e. The van der Waals surface area contributed by atoms with Crippen LogP contribution in [0.15, 0.2) is 36.4 Å². The maximum Gasteiger partial charge on any atom is 0.411 e. The van der Waals surface area contributed by atoms with Crippen molar-refractivity contribution in [2.24, 2.45) is 0 Å². The molecule has 1 heterocycles. The van der Waals surface area contributed by atoms with E-state index < -0.39 is 5.60 Å². The number of ether oxygens (including phenoxy) is 1. The molecule has 1 aliphatic heterocycles. The molecular formula is C16H20FNO2. The second-order valence-corrected chi connectivity index (χ2v) is 6.13. The lowest BCUT2D eigenvalue weighted by Crippen LogP contribution is -2.36. The van der Waals surface area contributed by atoms with Crippen molar-refractivity contribution in [3.05, 3.63) is 47.8 Å². The van der Waals surface area contributed by atoms with Gasteiger partial charge in [-0.1, -0.05) is 24.3 Å². The number of hydrogen-bond acceptors (Lipinski definition) is 2. The van der Waals surface area contributed by atoms with Gasteiger partial charge in [0, 0.05) is 6.54 Å². The number of carbonyl (C=O) groups excluding carboxylic acids is 1. The van der Waals surface area contributed by atoms with Crippen LogP contribution in [0.2, 0.25) is 0 Å². The lowest BCUT2D eigenvalue weighted by Gasteiger charge is -2.28. The fraction of sp³-hybridized carbons (Fsp3) is 0.438. The minimum atomic E-state index is -0.533. The Labute approximate surface area is 119 Å². The van der Waals surface area contributed by atoms with E-state index in [2.05, 4.69) is 6.58 Å². The van der Waals surface area contributed by atoms with Crippen LogP contribution in [0.4, 0.5) is 9.18 Å². The van der Waals surface area contributed by atoms with Gasteiger partial charge in [0.05, 0.1) is 6.04 Å². The number of carbonyl (C=O) groups is 1. The molecule has 0 unspecified atom stereocenters. The van der Waals surface area contributed by atoms with Gasteiger partial charge in [-0.2, -0.15) is 0 Å². The van der Waals surface area contributed by atoms with E-state index in [1.165, 1.54) is 12.1 Å². The molecule has 0 aromatic heterocycles. The Morgan fingerprint density at radius 1 is 1.35 bits per heavy atom. The molecule has 1 aliphatic rings. The second kappa shape index (κ2) is 5.27. The quantitative estimate of drug-likeness (QED) is 0.724. The van der Waals surface area contributed by atoms with Crippen molar-refractivity contribution in [3.63, 3.8) is 0 Å². The maximum atomic E-state index is 13.0. The predicted molar refractivity (Wildman–Crippen MR) is 75.8 cm³/mol. The van der Waals surface area contributed by atoms with E-state index >= 15 is 0 Å². The summed E-state index contributed by atoms with van der Waals surface area (Å²) in [4.78, 5) is 13.9. The first-order chi connectivity index (χ1) is 9.26. The van der Waals surface area contributed by atoms with Gasteiger partial charge in [0.25, 0.3) is 0 Å². The molecule has 0 bridgehead atoms. The Morgan fingerprint density at radius 2 is 1.95 bits per heavy atom. The summed E-state index contributed by atoms with van der Waals surface area (Å²) in [5.74, 6) is -0.283. The molecule has 1 aromatic rings. The largest absolute Gasteiger partial charge is 0.444 e. The van der Waals surface area contributed by atoms with Gasteiger partial charge in [-0.15, -0.1) is 0 Å². The second-order valence-electron chi connectivity index (χ2n) is 6.13. The van der Waals surface area contributed by atoms with E-state index in [1.54, 1.807) is 17.0 Å². The summed E-state index contributed by atoms with van der Waals surface area (Å²) >= 11 is 0. The Hall–Kier alpha value is -1.84. The molecule has 20 heavy (non-hydrogen) atoms. The highest BCUT2D eigenvalue weighted by atomic mass is 19.1. The zero-order chi connectivity index (χ0) is 14.9. The Bertz CT molecular complexity index is 516. The molecule has 1 saturated heterocycles. The first kappa shape index (κ1) is 14.6. The highest BCUT2D eigenvalue weighted by Crippen LogP contribution is 2.35. The molecule has 3 nitrogen and oxygen atoms in total. The van der Waals surface area contributed by atoms with Gasteiger partial charge in [-0.05, 0) is 44.9 Å². The summed E-state index contributed by atoms with van der Waals surface area (Å²) in [7, 11) is 0. The third-order valence-corrected chi connectivity index (χ3v) is 3.13. The van der Waals surface area contributed by atoms with Crippen LogP contribution < -0.4 is 0 Å². The third kappa shape index (κ3) is 3.38. The number of hydrogen-bond donors (Lipinski definition) is 0. The van der Waals surface area contributed by atoms with Gasteiger partial charge >= 0.3 is 6.09 Å². The fourth-order valence-electron chi connectivity index (χ4n) is 2.29. The Morgan fingerprint density at radius 3 is 2.50 bits per heavy atom. The van der Waals surface area contributed by atoms with Crippen molar-refractivity contribution in [2.75, 3.05) is 6.54 Å². The molecule has 2 rings (SSSR count). The fourth-order valence-corrected chi connectivity index (χ4v) is 2.29. The predicted octanol–water partition coefficient (Wildman–Crippen LogP) is 4.06. The highest BCUT2D eigenvalue weighted by molar-refractivity contribution is 5.70. The number of benzene rings is 1. The zero-order valence-electron chi connectivity index (χ0n) is 12.1. The summed E-state index contributed by atoms with van der Waals surface area (Å²) in [5.41, 5.74) is 1.34. The molecule has 1 aromatic carbocycles. The molecule has 0 spiro atoms. The standard InChI is InChI=1S/C16H20FNO2/c1-11-9-14(12-5-7-13(17)8-6-12)18(10-11)15(19)20-16(2,3)4/h5-8,14H,1,9-10H2,2-4H3/t14-/m1/s1. The summed E-state index contributed by atoms with van der Waals surface area (Å²) in [6.07, 6.45) is 0.329. The smallest absolute Gasteiger partial charge is 0.411 e. The van der Waals surface area contributed by atoms with E-state index in [0.29, 0.717) is 13.0 Å². The van der Waals surface area contributed by atoms with Crippen LogP contribution in [-0.2, 0) is 4.74 Å². The zero-order valence-corrected chi connectivity index (χ0v) is 12.1. The number of amides is 1. The van der Waals surface area contributed by atoms with Gasteiger partial charge in [-0.25, -0.2) is 9.18 Å². The molecule has 108 valence electrons. The van der Waals surface area contributed by atoms with Gasteiger partial charge in [0.1, 0.15) is 11.4 Å². The molecule has 0 radical (unpaired) electrons. The van der Waals surface area contributed by atoms with Crippen molar-refractivity contribution < 1.29 is 13.9 Å². The third-order valence-electron chi connectivity index (χ3n) is 3.13. The van der Waals surface area contributed by atoms with Crippen molar-refractivity contribution in [1.29, 1.82) is 0 Å². The normalized spacial score (nSPS) is 19.3. The average molecular weight is 277 g/mol. The lowest BCUT2D eigenvalue weighted by atomic mass is 10.0. The molecule has 0 saturated carbocycles. The van der Waals surface area contributed by atoms with Gasteiger partial charge < -0.3 is 4.74 Å². The van der Waals surface area contributed by atoms with Crippen LogP contribution in [-0.4, -0.2) is 23.1 Å². The monoisotopic (exact) mass is 277 g/mol. The summed E-state index contributed by atoms with van der Waals surface area (Å²) < 4.78 is 18.4. The van der Waals surface area contributed by atoms with Crippen LogP contribution in [0.5, 0.6) is 0 Å². The maximum absolute atomic E-state index is 13.0. The molecular weight excluding hydrogens is 257 g/mol. The molecule has 4 heteroatoms. The number of nitrogens with zero attached hydrogens (tertiary/aromatic N) is 1. The first-order valence-electron chi connectivity index (χ1n) is 6.68. The number of likely N-dealkylation sites (tertiary alicyclic amines) is 1. The van der Waals surface area contributed by atoms with E-state index in [-0.39, 0.29) is 18.0 Å². The van der Waals surface area contributed by atoms with E-state index in [9.17, 15) is 9.18 Å². The van der Waals surface area contributed by atoms with E-state index in [0.717, 1.165) is 11.1 Å². The van der Waals surface area contributed by atoms with Crippen molar-refractivity contribution in [1.82, 2.24) is 4.90 Å². The van der Waals surface area contributed by atoms with Crippen LogP contribution >= 0.6 is 0 Å². The van der Waals surface area contributed by atoms with Crippen LogP contribution in [0.25, 0.3) is 0 Å². The first-order valence-corrected chi connectivity index (χ1v) is 6.68. The average Bonchev–Trinajstić information content (AvgIpc) is 2.70. The summed E-state index contributed by atoms with van der Waals surface area (Å²) in [6.45, 7) is 9.94. The topological polar surface area (TPSA) is 29.5 Å². The molecule has 1 atom stereocenters. The van der Waals surface area contributed by atoms with Crippen molar-refractivity contribution in [3.8, 4) is 0 Å². The van der Waals surface area contributed by atoms with Gasteiger partial charge in [0.2, 0.25) is 0 Å². The van der Waals surface area contributed by atoms with E-state index in [4.69, 9.17) is 4.74 Å². The summed E-state index contributed by atoms with van der Waals surface area (Å²) in [5, 5.41) is 0. The number of rotatable bonds is 1. The van der Waals surface area contributed by atoms with Gasteiger partial charge in [0.15, 0.2) is 0 Å². The molecule has 1 fully saturated rings. The van der Waals surface area contributed by atoms with Crippen LogP contribution in [0.1, 0.15) is 38.8 Å². The van der Waals surface area contributed by atoms with Crippen LogP contribution in [0.3, 0.4) is 0 Å². The van der Waals surface area contributed by atoms with E-state index in [1.807, 2.05) is 20.8 Å². The molecule has 0 aliphatic carbocycles. The summed E-state index contributed by atoms with van der Waals surface area (Å²) in [6, 6.07) is 6.09. The number of halogens is 1. The Kier molecular flexibility index (Phi) is 3.84. The SMILES string of the molecule is C=C1C[C@H](c2ccc(F)cc2)N(C(=O)OC(C)(C)C)C1.